The molecule has 0 spiro atoms. The molecule has 2 fully saturated rings. The average molecular weight is 404 g/mol. The lowest BCUT2D eigenvalue weighted by Gasteiger charge is -2.25. The number of aryl methyl sites for hydroxylation is 1. The molecule has 0 bridgehead atoms. The van der Waals surface area contributed by atoms with Crippen LogP contribution < -0.4 is 11.2 Å². The highest BCUT2D eigenvalue weighted by atomic mass is 16.2. The van der Waals surface area contributed by atoms with Crippen molar-refractivity contribution in [3.63, 3.8) is 0 Å². The van der Waals surface area contributed by atoms with Gasteiger partial charge in [-0.05, 0) is 50.2 Å². The van der Waals surface area contributed by atoms with Gasteiger partial charge in [0.05, 0.1) is 10.9 Å². The zero-order chi connectivity index (χ0) is 20.7. The highest BCUT2D eigenvalue weighted by Gasteiger charge is 2.31. The molecule has 3 aromatic rings. The number of carbonyl (C=O) groups excluding carboxylic acids is 1. The number of fused-ring (bicyclic) bond motifs is 1. The maximum atomic E-state index is 13.2. The van der Waals surface area contributed by atoms with E-state index in [2.05, 4.69) is 22.1 Å². The normalized spacial score (nSPS) is 18.8. The van der Waals surface area contributed by atoms with Crippen molar-refractivity contribution < 1.29 is 4.79 Å². The number of likely N-dealkylation sites (tertiary alicyclic amines) is 1. The van der Waals surface area contributed by atoms with E-state index in [1.165, 1.54) is 11.8 Å². The second-order valence-electron chi connectivity index (χ2n) is 8.27. The zero-order valence-electron chi connectivity index (χ0n) is 16.7. The highest BCUT2D eigenvalue weighted by molar-refractivity contribution is 5.97. The fraction of sp³-hybridized carbons (Fsp3) is 0.391. The maximum absolute atomic E-state index is 13.2. The SMILES string of the molecule is O=C(c1cnc2c(c1)c(=O)[nH]c(=O)n2C1CC1)N1CCCC1CCc1ccccc1. The van der Waals surface area contributed by atoms with Crippen molar-refractivity contribution in [2.45, 2.75) is 50.6 Å². The van der Waals surface area contributed by atoms with Gasteiger partial charge in [0.25, 0.3) is 11.5 Å². The number of nitrogens with zero attached hydrogens (tertiary/aromatic N) is 3. The van der Waals surface area contributed by atoms with Gasteiger partial charge in [0, 0.05) is 24.8 Å². The van der Waals surface area contributed by atoms with E-state index in [1.807, 2.05) is 23.1 Å². The van der Waals surface area contributed by atoms with Crippen molar-refractivity contribution in [1.82, 2.24) is 19.4 Å². The van der Waals surface area contributed by atoms with Gasteiger partial charge in [0.15, 0.2) is 0 Å². The van der Waals surface area contributed by atoms with Crippen molar-refractivity contribution in [1.29, 1.82) is 0 Å². The monoisotopic (exact) mass is 404 g/mol. The van der Waals surface area contributed by atoms with Gasteiger partial charge in [-0.2, -0.15) is 0 Å². The molecule has 1 N–H and O–H groups in total. The lowest BCUT2D eigenvalue weighted by molar-refractivity contribution is 0.0730. The predicted octanol–water partition coefficient (Wildman–Crippen LogP) is 2.66. The van der Waals surface area contributed by atoms with E-state index in [9.17, 15) is 14.4 Å². The van der Waals surface area contributed by atoms with Crippen molar-refractivity contribution in [3.05, 3.63) is 74.6 Å². The van der Waals surface area contributed by atoms with Gasteiger partial charge in [-0.15, -0.1) is 0 Å². The van der Waals surface area contributed by atoms with Crippen molar-refractivity contribution >= 4 is 16.9 Å². The Labute approximate surface area is 173 Å². The van der Waals surface area contributed by atoms with E-state index in [-0.39, 0.29) is 18.0 Å². The third-order valence-electron chi connectivity index (χ3n) is 6.18. The molecule has 7 nitrogen and oxygen atoms in total. The summed E-state index contributed by atoms with van der Waals surface area (Å²) in [6.07, 6.45) is 7.13. The summed E-state index contributed by atoms with van der Waals surface area (Å²) in [6, 6.07) is 12.2. The molecule has 7 heteroatoms. The van der Waals surface area contributed by atoms with Gasteiger partial charge in [-0.25, -0.2) is 9.78 Å². The molecule has 1 saturated carbocycles. The van der Waals surface area contributed by atoms with Gasteiger partial charge in [0.2, 0.25) is 0 Å². The molecule has 1 aliphatic heterocycles. The lowest BCUT2D eigenvalue weighted by atomic mass is 10.0. The molecule has 0 radical (unpaired) electrons. The smallest absolute Gasteiger partial charge is 0.330 e. The molecule has 1 amide bonds. The number of carbonyl (C=O) groups is 1. The summed E-state index contributed by atoms with van der Waals surface area (Å²) in [5, 5.41) is 0.299. The number of hydrogen-bond acceptors (Lipinski definition) is 4. The fourth-order valence-electron chi connectivity index (χ4n) is 4.47. The Morgan fingerprint density at radius 2 is 1.93 bits per heavy atom. The van der Waals surface area contributed by atoms with Crippen LogP contribution in [0.4, 0.5) is 0 Å². The summed E-state index contributed by atoms with van der Waals surface area (Å²) >= 11 is 0. The van der Waals surface area contributed by atoms with Crippen LogP contribution in [0, 0.1) is 0 Å². The quantitative estimate of drug-likeness (QED) is 0.708. The molecule has 2 aliphatic rings. The van der Waals surface area contributed by atoms with E-state index in [0.717, 1.165) is 38.5 Å². The maximum Gasteiger partial charge on any atom is 0.330 e. The molecule has 1 unspecified atom stereocenters. The van der Waals surface area contributed by atoms with Crippen LogP contribution in [0.1, 0.15) is 54.1 Å². The summed E-state index contributed by atoms with van der Waals surface area (Å²) in [5.41, 5.74) is 1.12. The Bertz CT molecular complexity index is 1210. The second kappa shape index (κ2) is 7.55. The van der Waals surface area contributed by atoms with Gasteiger partial charge in [0.1, 0.15) is 5.65 Å². The third kappa shape index (κ3) is 3.44. The molecule has 154 valence electrons. The predicted molar refractivity (Wildman–Crippen MR) is 114 cm³/mol. The van der Waals surface area contributed by atoms with Gasteiger partial charge < -0.3 is 4.90 Å². The average Bonchev–Trinajstić information content (AvgIpc) is 3.48. The summed E-state index contributed by atoms with van der Waals surface area (Å²) in [5.74, 6) is -0.0940. The topological polar surface area (TPSA) is 88.1 Å². The van der Waals surface area contributed by atoms with Crippen LogP contribution in [0.15, 0.2) is 52.2 Å². The van der Waals surface area contributed by atoms with Crippen LogP contribution in [0.25, 0.3) is 11.0 Å². The summed E-state index contributed by atoms with van der Waals surface area (Å²) < 4.78 is 1.55. The van der Waals surface area contributed by atoms with E-state index in [1.54, 1.807) is 10.6 Å². The number of benzene rings is 1. The van der Waals surface area contributed by atoms with Gasteiger partial charge in [-0.3, -0.25) is 19.1 Å². The second-order valence-corrected chi connectivity index (χ2v) is 8.27. The standard InChI is InChI=1S/C23H24N4O3/c28-21-19-13-16(14-24-20(19)27(18-10-11-18)23(30)25-21)22(29)26-12-4-7-17(26)9-8-15-5-2-1-3-6-15/h1-3,5-6,13-14,17-18H,4,7-12H2,(H,25,28,30). The number of hydrogen-bond donors (Lipinski definition) is 1. The Balaban J connectivity index is 1.41. The number of nitrogens with one attached hydrogen (secondary N) is 1. The Morgan fingerprint density at radius 1 is 1.13 bits per heavy atom. The summed E-state index contributed by atoms with van der Waals surface area (Å²) in [6.45, 7) is 0.717. The first-order valence-corrected chi connectivity index (χ1v) is 10.6. The van der Waals surface area contributed by atoms with E-state index >= 15 is 0 Å². The zero-order valence-corrected chi connectivity index (χ0v) is 16.7. The number of H-pyrrole nitrogens is 1. The summed E-state index contributed by atoms with van der Waals surface area (Å²) in [7, 11) is 0. The Hall–Kier alpha value is -3.22. The van der Waals surface area contributed by atoms with Crippen molar-refractivity contribution in [2.24, 2.45) is 0 Å². The third-order valence-corrected chi connectivity index (χ3v) is 6.18. The minimum Gasteiger partial charge on any atom is -0.336 e. The minimum absolute atomic E-state index is 0.0897. The molecule has 1 atom stereocenters. The number of rotatable bonds is 5. The fourth-order valence-corrected chi connectivity index (χ4v) is 4.47. The lowest BCUT2D eigenvalue weighted by Crippen LogP contribution is -2.36. The van der Waals surface area contributed by atoms with E-state index in [4.69, 9.17) is 0 Å². The van der Waals surface area contributed by atoms with Crippen molar-refractivity contribution in [3.8, 4) is 0 Å². The number of amides is 1. The first-order chi connectivity index (χ1) is 14.6. The van der Waals surface area contributed by atoms with Crippen LogP contribution in [0.5, 0.6) is 0 Å². The number of aromatic nitrogens is 3. The van der Waals surface area contributed by atoms with Crippen LogP contribution in [0.2, 0.25) is 0 Å². The Morgan fingerprint density at radius 3 is 2.70 bits per heavy atom. The van der Waals surface area contributed by atoms with Crippen LogP contribution >= 0.6 is 0 Å². The van der Waals surface area contributed by atoms with E-state index < -0.39 is 11.2 Å². The van der Waals surface area contributed by atoms with E-state index in [0.29, 0.717) is 23.1 Å². The number of aromatic amines is 1. The van der Waals surface area contributed by atoms with Crippen LogP contribution in [0.3, 0.4) is 0 Å². The molecular formula is C23H24N4O3. The van der Waals surface area contributed by atoms with Gasteiger partial charge >= 0.3 is 5.69 Å². The molecule has 30 heavy (non-hydrogen) atoms. The van der Waals surface area contributed by atoms with Crippen LogP contribution in [-0.2, 0) is 6.42 Å². The molecule has 1 aliphatic carbocycles. The minimum atomic E-state index is -0.490. The Kier molecular flexibility index (Phi) is 4.73. The first kappa shape index (κ1) is 18.8. The molecule has 1 aromatic carbocycles. The van der Waals surface area contributed by atoms with Crippen molar-refractivity contribution in [2.75, 3.05) is 6.54 Å². The van der Waals surface area contributed by atoms with Crippen LogP contribution in [-0.4, -0.2) is 37.9 Å². The van der Waals surface area contributed by atoms with Gasteiger partial charge in [-0.1, -0.05) is 30.3 Å². The molecule has 5 rings (SSSR count). The summed E-state index contributed by atoms with van der Waals surface area (Å²) in [4.78, 5) is 46.5. The highest BCUT2D eigenvalue weighted by Crippen LogP contribution is 2.34. The number of pyridine rings is 1. The largest absolute Gasteiger partial charge is 0.336 e. The molecule has 2 aromatic heterocycles. The molecular weight excluding hydrogens is 380 g/mol. The first-order valence-electron chi connectivity index (χ1n) is 10.6. The molecule has 1 saturated heterocycles. The molecule has 3 heterocycles.